The summed E-state index contributed by atoms with van der Waals surface area (Å²) in [5.41, 5.74) is 2.39. The average molecular weight is 471 g/mol. The van der Waals surface area contributed by atoms with Crippen molar-refractivity contribution in [3.63, 3.8) is 0 Å². The van der Waals surface area contributed by atoms with E-state index in [1.807, 2.05) is 37.3 Å². The summed E-state index contributed by atoms with van der Waals surface area (Å²) in [6.07, 6.45) is 1.76. The van der Waals surface area contributed by atoms with Crippen molar-refractivity contribution in [1.29, 1.82) is 0 Å². The quantitative estimate of drug-likeness (QED) is 0.541. The van der Waals surface area contributed by atoms with Gasteiger partial charge in [-0.1, -0.05) is 22.8 Å². The van der Waals surface area contributed by atoms with Crippen LogP contribution in [0.4, 0.5) is 5.69 Å². The normalized spacial score (nSPS) is 16.4. The smallest absolute Gasteiger partial charge is 0.241 e. The summed E-state index contributed by atoms with van der Waals surface area (Å²) in [6, 6.07) is 11.0. The van der Waals surface area contributed by atoms with E-state index in [1.165, 1.54) is 0 Å². The minimum Gasteiger partial charge on any atom is -0.493 e. The van der Waals surface area contributed by atoms with Crippen molar-refractivity contribution in [2.45, 2.75) is 26.3 Å². The molecule has 1 fully saturated rings. The standard InChI is InChI=1S/C24H27ClN4O4/c1-15-18(25)7-4-8-19(15)26-24(30)17-6-5-11-29(13-17)14-22-27-23(28-33-22)16-9-10-20(31-2)21(12-16)32-3/h4,7-10,12,17H,5-6,11,13-14H2,1-3H3,(H,26,30). The first-order valence-corrected chi connectivity index (χ1v) is 11.2. The second-order valence-electron chi connectivity index (χ2n) is 8.06. The molecule has 0 saturated carbocycles. The van der Waals surface area contributed by atoms with Gasteiger partial charge < -0.3 is 19.3 Å². The van der Waals surface area contributed by atoms with Gasteiger partial charge in [0.05, 0.1) is 26.7 Å². The molecule has 2 heterocycles. The van der Waals surface area contributed by atoms with Gasteiger partial charge in [0.1, 0.15) is 0 Å². The lowest BCUT2D eigenvalue weighted by atomic mass is 9.97. The van der Waals surface area contributed by atoms with E-state index < -0.39 is 0 Å². The molecule has 0 bridgehead atoms. The molecule has 174 valence electrons. The van der Waals surface area contributed by atoms with Gasteiger partial charge in [-0.3, -0.25) is 9.69 Å². The largest absolute Gasteiger partial charge is 0.493 e. The number of hydrogen-bond donors (Lipinski definition) is 1. The third-order valence-corrected chi connectivity index (χ3v) is 6.28. The Hall–Kier alpha value is -3.10. The molecule has 33 heavy (non-hydrogen) atoms. The molecule has 1 saturated heterocycles. The Kier molecular flexibility index (Phi) is 7.15. The first kappa shape index (κ1) is 23.1. The molecule has 2 aromatic carbocycles. The number of ether oxygens (including phenoxy) is 2. The van der Waals surface area contributed by atoms with E-state index in [0.29, 0.717) is 41.3 Å². The highest BCUT2D eigenvalue weighted by Gasteiger charge is 2.27. The van der Waals surface area contributed by atoms with Gasteiger partial charge in [-0.05, 0) is 62.2 Å². The van der Waals surface area contributed by atoms with E-state index in [2.05, 4.69) is 20.4 Å². The summed E-state index contributed by atoms with van der Waals surface area (Å²) in [4.78, 5) is 19.6. The number of halogens is 1. The fraction of sp³-hybridized carbons (Fsp3) is 0.375. The minimum atomic E-state index is -0.120. The van der Waals surface area contributed by atoms with Crippen LogP contribution >= 0.6 is 11.6 Å². The van der Waals surface area contributed by atoms with Gasteiger partial charge in [0, 0.05) is 22.8 Å². The molecule has 8 nitrogen and oxygen atoms in total. The van der Waals surface area contributed by atoms with E-state index in [4.69, 9.17) is 25.6 Å². The minimum absolute atomic E-state index is 0.00149. The van der Waals surface area contributed by atoms with Crippen LogP contribution in [0.3, 0.4) is 0 Å². The SMILES string of the molecule is COc1ccc(-c2noc(CN3CCCC(C(=O)Nc4cccc(Cl)c4C)C3)n2)cc1OC. The van der Waals surface area contributed by atoms with Gasteiger partial charge in [-0.25, -0.2) is 0 Å². The van der Waals surface area contributed by atoms with E-state index in [1.54, 1.807) is 20.3 Å². The van der Waals surface area contributed by atoms with Crippen molar-refractivity contribution >= 4 is 23.2 Å². The Morgan fingerprint density at radius 1 is 1.24 bits per heavy atom. The maximum Gasteiger partial charge on any atom is 0.241 e. The zero-order valence-electron chi connectivity index (χ0n) is 18.9. The van der Waals surface area contributed by atoms with Crippen LogP contribution < -0.4 is 14.8 Å². The van der Waals surface area contributed by atoms with Gasteiger partial charge in [0.15, 0.2) is 11.5 Å². The third kappa shape index (κ3) is 5.29. The molecule has 1 unspecified atom stereocenters. The van der Waals surface area contributed by atoms with Crippen LogP contribution in [0.25, 0.3) is 11.4 Å². The summed E-state index contributed by atoms with van der Waals surface area (Å²) in [6.45, 7) is 3.88. The lowest BCUT2D eigenvalue weighted by Gasteiger charge is -2.31. The molecule has 3 aromatic rings. The highest BCUT2D eigenvalue weighted by molar-refractivity contribution is 6.31. The molecule has 1 aromatic heterocycles. The lowest BCUT2D eigenvalue weighted by Crippen LogP contribution is -2.40. The molecule has 0 aliphatic carbocycles. The Morgan fingerprint density at radius 3 is 2.85 bits per heavy atom. The molecule has 0 radical (unpaired) electrons. The topological polar surface area (TPSA) is 89.7 Å². The fourth-order valence-electron chi connectivity index (χ4n) is 3.99. The molecular weight excluding hydrogens is 444 g/mol. The Labute approximate surface area is 197 Å². The predicted octanol–water partition coefficient (Wildman–Crippen LogP) is 4.57. The second-order valence-corrected chi connectivity index (χ2v) is 8.46. The van der Waals surface area contributed by atoms with Crippen LogP contribution in [0, 0.1) is 12.8 Å². The van der Waals surface area contributed by atoms with E-state index in [-0.39, 0.29) is 11.8 Å². The molecule has 9 heteroatoms. The van der Waals surface area contributed by atoms with E-state index in [9.17, 15) is 4.79 Å². The van der Waals surface area contributed by atoms with Crippen LogP contribution in [0.15, 0.2) is 40.9 Å². The molecular formula is C24H27ClN4O4. The first-order valence-electron chi connectivity index (χ1n) is 10.8. The van der Waals surface area contributed by atoms with Gasteiger partial charge in [0.25, 0.3) is 0 Å². The highest BCUT2D eigenvalue weighted by atomic mass is 35.5. The number of nitrogens with one attached hydrogen (secondary N) is 1. The number of methoxy groups -OCH3 is 2. The van der Waals surface area contributed by atoms with Crippen LogP contribution in [-0.4, -0.2) is 48.3 Å². The fourth-order valence-corrected chi connectivity index (χ4v) is 4.17. The van der Waals surface area contributed by atoms with Crippen LogP contribution in [0.5, 0.6) is 11.5 Å². The lowest BCUT2D eigenvalue weighted by molar-refractivity contribution is -0.121. The molecule has 1 amide bonds. The number of nitrogens with zero attached hydrogens (tertiary/aromatic N) is 3. The zero-order valence-corrected chi connectivity index (χ0v) is 19.7. The molecule has 1 aliphatic heterocycles. The number of hydrogen-bond acceptors (Lipinski definition) is 7. The average Bonchev–Trinajstić information content (AvgIpc) is 3.30. The molecule has 0 spiro atoms. The summed E-state index contributed by atoms with van der Waals surface area (Å²) in [5.74, 6) is 2.10. The summed E-state index contributed by atoms with van der Waals surface area (Å²) in [7, 11) is 3.17. The highest BCUT2D eigenvalue weighted by Crippen LogP contribution is 2.31. The van der Waals surface area contributed by atoms with Crippen molar-refractivity contribution in [3.8, 4) is 22.9 Å². The third-order valence-electron chi connectivity index (χ3n) is 5.87. The van der Waals surface area contributed by atoms with Crippen molar-refractivity contribution in [2.24, 2.45) is 5.92 Å². The second kappa shape index (κ2) is 10.2. The van der Waals surface area contributed by atoms with Crippen LogP contribution in [0.1, 0.15) is 24.3 Å². The number of carbonyl (C=O) groups excluding carboxylic acids is 1. The van der Waals surface area contributed by atoms with Gasteiger partial charge in [-0.2, -0.15) is 4.98 Å². The van der Waals surface area contributed by atoms with Crippen molar-refractivity contribution in [1.82, 2.24) is 15.0 Å². The summed E-state index contributed by atoms with van der Waals surface area (Å²) < 4.78 is 16.1. The summed E-state index contributed by atoms with van der Waals surface area (Å²) in [5, 5.41) is 7.78. The van der Waals surface area contributed by atoms with Gasteiger partial charge >= 0.3 is 0 Å². The van der Waals surface area contributed by atoms with Crippen molar-refractivity contribution < 1.29 is 18.8 Å². The maximum atomic E-state index is 12.9. The van der Waals surface area contributed by atoms with E-state index in [0.717, 1.165) is 36.2 Å². The first-order chi connectivity index (χ1) is 16.0. The number of likely N-dealkylation sites (tertiary alicyclic amines) is 1. The number of aromatic nitrogens is 2. The van der Waals surface area contributed by atoms with Gasteiger partial charge in [0.2, 0.25) is 17.6 Å². The number of rotatable bonds is 7. The number of anilines is 1. The Morgan fingerprint density at radius 2 is 2.06 bits per heavy atom. The Balaban J connectivity index is 1.39. The van der Waals surface area contributed by atoms with Gasteiger partial charge in [-0.15, -0.1) is 0 Å². The molecule has 1 aliphatic rings. The molecule has 1 N–H and O–H groups in total. The number of benzene rings is 2. The monoisotopic (exact) mass is 470 g/mol. The Bertz CT molecular complexity index is 1130. The maximum absolute atomic E-state index is 12.9. The number of piperidine rings is 1. The predicted molar refractivity (Wildman–Crippen MR) is 126 cm³/mol. The number of amides is 1. The van der Waals surface area contributed by atoms with Crippen LogP contribution in [0.2, 0.25) is 5.02 Å². The van der Waals surface area contributed by atoms with Crippen LogP contribution in [-0.2, 0) is 11.3 Å². The molecule has 4 rings (SSSR count). The number of carbonyl (C=O) groups is 1. The van der Waals surface area contributed by atoms with Crippen molar-refractivity contribution in [2.75, 3.05) is 32.6 Å². The summed E-state index contributed by atoms with van der Waals surface area (Å²) >= 11 is 6.18. The zero-order chi connectivity index (χ0) is 23.4. The molecule has 1 atom stereocenters. The van der Waals surface area contributed by atoms with E-state index >= 15 is 0 Å². The van der Waals surface area contributed by atoms with Crippen molar-refractivity contribution in [3.05, 3.63) is 52.9 Å².